The maximum atomic E-state index is 12.1. The largest absolute Gasteiger partial charge is 1.00 e. The monoisotopic (exact) mass is 1200 g/mol. The van der Waals surface area contributed by atoms with Crippen LogP contribution in [0.1, 0.15) is 172 Å². The predicted octanol–water partition coefficient (Wildman–Crippen LogP) is 8.44. The van der Waals surface area contributed by atoms with Gasteiger partial charge in [-0.15, -0.1) is 10.2 Å². The van der Waals surface area contributed by atoms with Gasteiger partial charge in [-0.25, -0.2) is 14.8 Å². The van der Waals surface area contributed by atoms with Crippen LogP contribution in [0.25, 0.3) is 22.1 Å². The fourth-order valence-electron chi connectivity index (χ4n) is 13.1. The second kappa shape index (κ2) is 31.2. The average Bonchev–Trinajstić information content (AvgIpc) is 2.33. The first-order chi connectivity index (χ1) is 40.2. The van der Waals surface area contributed by atoms with Crippen LogP contribution in [0.3, 0.4) is 0 Å². The van der Waals surface area contributed by atoms with Crippen molar-refractivity contribution in [2.24, 2.45) is 0 Å². The fraction of sp³-hybridized carbons (Fsp3) is 0.500. The van der Waals surface area contributed by atoms with E-state index in [-0.39, 0.29) is 75.6 Å². The molecule has 6 aliphatic rings. The molecule has 0 radical (unpaired) electrons. The van der Waals surface area contributed by atoms with Gasteiger partial charge in [0, 0.05) is 67.5 Å². The number of aromatic carboxylic acids is 1. The van der Waals surface area contributed by atoms with Gasteiger partial charge in [0.05, 0.1) is 78.1 Å². The third-order valence-corrected chi connectivity index (χ3v) is 18.0. The molecule has 4 saturated heterocycles. The normalized spacial score (nSPS) is 18.3. The van der Waals surface area contributed by atoms with Crippen LogP contribution >= 0.6 is 0 Å². The smallest absolute Gasteiger partial charge is 0.870 e. The predicted molar refractivity (Wildman–Crippen MR) is 337 cm³/mol. The van der Waals surface area contributed by atoms with Gasteiger partial charge in [0.25, 0.3) is 0 Å². The first-order valence-electron chi connectivity index (χ1n) is 30.2. The van der Waals surface area contributed by atoms with E-state index in [1.54, 1.807) is 19.1 Å². The maximum absolute atomic E-state index is 12.1. The van der Waals surface area contributed by atoms with Gasteiger partial charge in [-0.2, -0.15) is 0 Å². The van der Waals surface area contributed by atoms with Crippen molar-refractivity contribution < 1.29 is 63.5 Å². The molecule has 4 aromatic carbocycles. The number of carbonyl (C=O) groups is 2. The molecule has 20 heteroatoms. The number of piperidine rings is 2. The molecule has 0 spiro atoms. The number of ketones is 1. The molecule has 2 aliphatic carbocycles. The number of Topliss-reactive ketones (excluding diaryl/α,β-unsaturated/α-hetero) is 1. The van der Waals surface area contributed by atoms with Crippen molar-refractivity contribution in [3.05, 3.63) is 153 Å². The fourth-order valence-corrected chi connectivity index (χ4v) is 13.1. The Morgan fingerprint density at radius 3 is 1.35 bits per heavy atom. The van der Waals surface area contributed by atoms with Crippen LogP contribution < -0.4 is 28.3 Å². The average molecular weight is 1200 g/mol. The molecular weight excluding hydrogens is 1110 g/mol. The minimum absolute atomic E-state index is 0. The van der Waals surface area contributed by atoms with E-state index in [0.717, 1.165) is 180 Å². The van der Waals surface area contributed by atoms with Crippen LogP contribution in [-0.4, -0.2) is 128 Å². The molecule has 0 bridgehead atoms. The van der Waals surface area contributed by atoms with Gasteiger partial charge in [0.2, 0.25) is 11.8 Å². The number of fused-ring (bicyclic) bond motifs is 4. The molecule has 14 rings (SSSR count). The van der Waals surface area contributed by atoms with Gasteiger partial charge in [0.15, 0.2) is 5.78 Å². The van der Waals surface area contributed by atoms with E-state index in [1.807, 2.05) is 48.5 Å². The van der Waals surface area contributed by atoms with Crippen LogP contribution in [-0.2, 0) is 74.5 Å². The Kier molecular flexibility index (Phi) is 24.4. The number of likely N-dealkylation sites (tertiary alicyclic amines) is 2. The Morgan fingerprint density at radius 1 is 0.568 bits per heavy atom. The van der Waals surface area contributed by atoms with E-state index in [0.29, 0.717) is 31.8 Å². The summed E-state index contributed by atoms with van der Waals surface area (Å²) in [6, 6.07) is 32.5. The Morgan fingerprint density at radius 2 is 0.966 bits per heavy atom. The number of rotatable bonds is 18. The van der Waals surface area contributed by atoms with Crippen molar-refractivity contribution in [2.45, 2.75) is 183 Å². The minimum atomic E-state index is -0.919. The summed E-state index contributed by atoms with van der Waals surface area (Å²) < 4.78 is 33.2. The molecule has 4 fully saturated rings. The number of hydrogen-bond donors (Lipinski definition) is 1. The number of imidazole rings is 2. The van der Waals surface area contributed by atoms with Crippen molar-refractivity contribution in [1.82, 2.24) is 48.5 Å². The number of hydrogen-bond acceptors (Lipinski definition) is 13. The van der Waals surface area contributed by atoms with Crippen molar-refractivity contribution in [2.75, 3.05) is 39.4 Å². The van der Waals surface area contributed by atoms with Crippen LogP contribution in [0, 0.1) is 0 Å². The van der Waals surface area contributed by atoms with Gasteiger partial charge in [-0.05, 0) is 144 Å². The second-order valence-corrected chi connectivity index (χ2v) is 23.4. The van der Waals surface area contributed by atoms with E-state index in [1.165, 1.54) is 53.8 Å². The number of carbonyl (C=O) groups excluding carboxylic acids is 1. The summed E-state index contributed by atoms with van der Waals surface area (Å²) in [5.41, 5.74) is 12.4. The summed E-state index contributed by atoms with van der Waals surface area (Å²) in [6.07, 6.45) is 15.8. The quantitative estimate of drug-likeness (QED) is 0.0628. The van der Waals surface area contributed by atoms with Crippen molar-refractivity contribution in [3.63, 3.8) is 0 Å². The Hall–Kier alpha value is -6.66. The summed E-state index contributed by atoms with van der Waals surface area (Å²) in [4.78, 5) is 38.7. The third kappa shape index (κ3) is 15.1. The first kappa shape index (κ1) is 68.8. The van der Waals surface area contributed by atoms with E-state index in [9.17, 15) is 14.7 Å². The molecule has 468 valence electrons. The molecule has 0 unspecified atom stereocenters. The topological polar surface area (TPSA) is 231 Å². The number of carboxylic acid groups (broad SMARTS) is 1. The number of carboxylic acids is 1. The SMILES string of the molecule is C.C.C.CC(=O)c1ccc2nc(CN3CCC(n4nc(OCc5ccccc5)c5c4CCCC5)CC3)n(C[C@@H]3CCO3)c2c1.O.O=C(O)c1ccc2nc(CN3CCC(n4nc(OCc5ccccc5)c5c4CCCC5)CC3)n(C[C@@H]3CCO3)c2c1.[Li+].[OH-]. The standard InChI is InChI=1S/C33H39N5O3.C32H37N5O4.3CH4.Li.2H2O/c1-23(39)25-11-12-29-31(19-25)37(20-27-15-18-40-27)32(34-29)21-36-16-13-26(14-17-36)38-30-10-6-5-9-28(30)33(35-38)41-22-24-7-3-2-4-8-24;38-32(39)23-10-11-27-29(18-23)36(19-25-14-17-40-25)30(33-27)20-35-15-12-24(13-16-35)37-28-9-5-4-8-26(28)31(34-37)41-21-22-6-2-1-3-7-22;;;;;;/h2-4,7-8,11-12,19,26-27H,5-6,9-10,13-18,20-22H2,1H3;1-3,6-7,10-11,18,24-25H,4-5,8-9,12-17,19-21H2,(H,38,39);3*1H4;;2*1H2/q;;;;;+1;;/p-1/t27-;25-;;;;;;/m00....../s1. The van der Waals surface area contributed by atoms with Crippen molar-refractivity contribution in [3.8, 4) is 11.8 Å². The summed E-state index contributed by atoms with van der Waals surface area (Å²) in [5.74, 6) is 2.85. The zero-order valence-electron chi connectivity index (χ0n) is 49.2. The molecular formula is C68H91LiN10O9. The second-order valence-electron chi connectivity index (χ2n) is 23.4. The van der Waals surface area contributed by atoms with Crippen LogP contribution in [0.2, 0.25) is 0 Å². The van der Waals surface area contributed by atoms with Crippen LogP contribution in [0.4, 0.5) is 0 Å². The summed E-state index contributed by atoms with van der Waals surface area (Å²) in [7, 11) is 0. The summed E-state index contributed by atoms with van der Waals surface area (Å²) in [6.45, 7) is 11.3. The Bertz CT molecular complexity index is 3310. The molecule has 88 heavy (non-hydrogen) atoms. The van der Waals surface area contributed by atoms with Gasteiger partial charge >= 0.3 is 24.8 Å². The molecule has 4 aliphatic heterocycles. The Balaban J connectivity index is 0.000000235. The van der Waals surface area contributed by atoms with E-state index in [4.69, 9.17) is 39.1 Å². The number of aromatic nitrogens is 8. The molecule has 8 heterocycles. The van der Waals surface area contributed by atoms with Crippen molar-refractivity contribution >= 4 is 33.8 Å². The Labute approximate surface area is 530 Å². The number of benzene rings is 4. The maximum Gasteiger partial charge on any atom is 1.00 e. The minimum Gasteiger partial charge on any atom is -0.870 e. The van der Waals surface area contributed by atoms with E-state index in [2.05, 4.69) is 64.7 Å². The molecule has 0 amide bonds. The van der Waals surface area contributed by atoms with Gasteiger partial charge in [-0.3, -0.25) is 24.0 Å². The third-order valence-electron chi connectivity index (χ3n) is 18.0. The summed E-state index contributed by atoms with van der Waals surface area (Å²) in [5, 5.41) is 19.7. The molecule has 4 aromatic heterocycles. The van der Waals surface area contributed by atoms with Crippen LogP contribution in [0.5, 0.6) is 11.8 Å². The number of nitrogens with zero attached hydrogens (tertiary/aromatic N) is 10. The number of ether oxygens (including phenoxy) is 4. The van der Waals surface area contributed by atoms with Gasteiger partial charge in [0.1, 0.15) is 24.9 Å². The molecule has 8 aromatic rings. The first-order valence-corrected chi connectivity index (χ1v) is 30.2. The zero-order valence-corrected chi connectivity index (χ0v) is 49.2. The molecule has 0 saturated carbocycles. The van der Waals surface area contributed by atoms with Gasteiger partial charge in [-0.1, -0.05) is 82.9 Å². The molecule has 19 nitrogen and oxygen atoms in total. The van der Waals surface area contributed by atoms with Gasteiger partial charge < -0.3 is 44.1 Å². The van der Waals surface area contributed by atoms with E-state index >= 15 is 0 Å². The van der Waals surface area contributed by atoms with Crippen molar-refractivity contribution in [1.29, 1.82) is 0 Å². The van der Waals surface area contributed by atoms with Crippen LogP contribution in [0.15, 0.2) is 97.1 Å². The summed E-state index contributed by atoms with van der Waals surface area (Å²) >= 11 is 0. The zero-order chi connectivity index (χ0) is 55.5. The van der Waals surface area contributed by atoms with E-state index < -0.39 is 5.97 Å². The molecule has 2 atom stereocenters. The molecule has 4 N–H and O–H groups in total.